The third kappa shape index (κ3) is 2.69. The number of hydrogen-bond acceptors (Lipinski definition) is 4. The number of nitrogens with zero attached hydrogens (tertiary/aromatic N) is 2. The summed E-state index contributed by atoms with van der Waals surface area (Å²) < 4.78 is 6.80. The van der Waals surface area contributed by atoms with Gasteiger partial charge in [0.2, 0.25) is 0 Å². The first-order chi connectivity index (χ1) is 9.52. The Morgan fingerprint density at radius 2 is 2.20 bits per heavy atom. The second-order valence-electron chi connectivity index (χ2n) is 4.23. The molecule has 0 saturated carbocycles. The van der Waals surface area contributed by atoms with E-state index in [1.807, 2.05) is 6.92 Å². The van der Waals surface area contributed by atoms with Crippen LogP contribution in [0.25, 0.3) is 0 Å². The second kappa shape index (κ2) is 5.56. The smallest absolute Gasteiger partial charge is 0.339 e. The number of hydrogen-bond donors (Lipinski definition) is 1. The van der Waals surface area contributed by atoms with Crippen LogP contribution in [-0.4, -0.2) is 20.6 Å². The van der Waals surface area contributed by atoms with Crippen molar-refractivity contribution in [2.24, 2.45) is 0 Å². The van der Waals surface area contributed by atoms with Gasteiger partial charge in [0.05, 0.1) is 0 Å². The topological polar surface area (TPSA) is 81.4 Å². The molecule has 2 rings (SSSR count). The van der Waals surface area contributed by atoms with E-state index < -0.39 is 11.5 Å². The van der Waals surface area contributed by atoms with Crippen LogP contribution < -0.4 is 10.3 Å². The lowest BCUT2D eigenvalue weighted by molar-refractivity contribution is 0.0694. The highest BCUT2D eigenvalue weighted by Gasteiger charge is 2.14. The summed E-state index contributed by atoms with van der Waals surface area (Å²) in [6, 6.07) is 4.71. The van der Waals surface area contributed by atoms with Crippen molar-refractivity contribution >= 4 is 5.97 Å². The summed E-state index contributed by atoms with van der Waals surface area (Å²) in [5, 5.41) is 9.15. The molecule has 1 heterocycles. The van der Waals surface area contributed by atoms with Crippen molar-refractivity contribution in [2.45, 2.75) is 20.4 Å². The summed E-state index contributed by atoms with van der Waals surface area (Å²) in [6.45, 7) is 4.08. The zero-order valence-corrected chi connectivity index (χ0v) is 11.2. The van der Waals surface area contributed by atoms with Gasteiger partial charge in [0.15, 0.2) is 0 Å². The Labute approximate surface area is 115 Å². The van der Waals surface area contributed by atoms with Gasteiger partial charge < -0.3 is 14.4 Å². The molecule has 104 valence electrons. The van der Waals surface area contributed by atoms with Gasteiger partial charge in [-0.1, -0.05) is 11.6 Å². The highest BCUT2D eigenvalue weighted by Crippen LogP contribution is 2.23. The quantitative estimate of drug-likeness (QED) is 0.922. The van der Waals surface area contributed by atoms with E-state index in [-0.39, 0.29) is 17.2 Å². The molecule has 0 unspecified atom stereocenters. The van der Waals surface area contributed by atoms with Crippen LogP contribution in [0.2, 0.25) is 0 Å². The van der Waals surface area contributed by atoms with Crippen molar-refractivity contribution < 1.29 is 14.6 Å². The van der Waals surface area contributed by atoms with Crippen LogP contribution in [0.4, 0.5) is 0 Å². The molecule has 20 heavy (non-hydrogen) atoms. The molecule has 0 aliphatic heterocycles. The third-order valence-electron chi connectivity index (χ3n) is 2.80. The van der Waals surface area contributed by atoms with Gasteiger partial charge in [0.1, 0.15) is 11.3 Å². The fourth-order valence-electron chi connectivity index (χ4n) is 1.75. The van der Waals surface area contributed by atoms with E-state index in [4.69, 9.17) is 9.84 Å². The van der Waals surface area contributed by atoms with E-state index in [0.717, 1.165) is 5.56 Å². The molecular formula is C14H14N2O4. The number of ether oxygens (including phenoxy) is 1. The number of carbonyl (C=O) groups is 1. The van der Waals surface area contributed by atoms with Gasteiger partial charge in [0.25, 0.3) is 5.88 Å². The lowest BCUT2D eigenvalue weighted by Crippen LogP contribution is -2.21. The maximum Gasteiger partial charge on any atom is 0.339 e. The lowest BCUT2D eigenvalue weighted by Gasteiger charge is -2.09. The normalized spacial score (nSPS) is 10.3. The fraction of sp³-hybridized carbons (Fsp3) is 0.214. The highest BCUT2D eigenvalue weighted by molar-refractivity contribution is 5.91. The second-order valence-corrected chi connectivity index (χ2v) is 4.23. The van der Waals surface area contributed by atoms with Crippen LogP contribution in [-0.2, 0) is 6.54 Å². The van der Waals surface area contributed by atoms with Gasteiger partial charge in [0, 0.05) is 18.9 Å². The molecule has 2 aromatic rings. The van der Waals surface area contributed by atoms with Gasteiger partial charge in [-0.15, -0.1) is 0 Å². The number of aryl methyl sites for hydroxylation is 2. The molecule has 0 spiro atoms. The summed E-state index contributed by atoms with van der Waals surface area (Å²) in [6.07, 6.45) is 2.98. The predicted octanol–water partition coefficient (Wildman–Crippen LogP) is 2.06. The maximum atomic E-state index is 12.0. The zero-order valence-electron chi connectivity index (χ0n) is 11.2. The third-order valence-corrected chi connectivity index (χ3v) is 2.80. The maximum absolute atomic E-state index is 12.0. The molecule has 1 aromatic carbocycles. The molecule has 0 aliphatic rings. The zero-order chi connectivity index (χ0) is 14.7. The van der Waals surface area contributed by atoms with Gasteiger partial charge in [-0.3, -0.25) is 4.79 Å². The first-order valence-electron chi connectivity index (χ1n) is 6.10. The molecule has 6 heteroatoms. The first-order valence-corrected chi connectivity index (χ1v) is 6.10. The Kier molecular flexibility index (Phi) is 3.84. The fourth-order valence-corrected chi connectivity index (χ4v) is 1.75. The summed E-state index contributed by atoms with van der Waals surface area (Å²) in [7, 11) is 0. The molecule has 0 radical (unpaired) electrons. The minimum absolute atomic E-state index is 0.00176. The van der Waals surface area contributed by atoms with Crippen molar-refractivity contribution in [1.82, 2.24) is 9.55 Å². The van der Waals surface area contributed by atoms with Crippen molar-refractivity contribution in [3.63, 3.8) is 0 Å². The molecule has 1 aromatic heterocycles. The number of aromatic carboxylic acids is 1. The Morgan fingerprint density at radius 1 is 1.45 bits per heavy atom. The SMILES string of the molecule is CCn1ccnc(Oc2ccc(C)cc2C(=O)O)c1=O. The average molecular weight is 274 g/mol. The van der Waals surface area contributed by atoms with Crippen LogP contribution in [0.1, 0.15) is 22.8 Å². The number of aromatic nitrogens is 2. The van der Waals surface area contributed by atoms with Crippen LogP contribution in [0.15, 0.2) is 35.4 Å². The minimum Gasteiger partial charge on any atom is -0.478 e. The van der Waals surface area contributed by atoms with E-state index >= 15 is 0 Å². The van der Waals surface area contributed by atoms with Crippen molar-refractivity contribution in [1.29, 1.82) is 0 Å². The Balaban J connectivity index is 2.45. The van der Waals surface area contributed by atoms with Crippen LogP contribution in [0, 0.1) is 6.92 Å². The van der Waals surface area contributed by atoms with E-state index in [1.54, 1.807) is 19.2 Å². The number of benzene rings is 1. The molecule has 0 fully saturated rings. The van der Waals surface area contributed by atoms with Gasteiger partial charge in [-0.05, 0) is 26.0 Å². The molecule has 0 saturated heterocycles. The van der Waals surface area contributed by atoms with Crippen LogP contribution in [0.5, 0.6) is 11.6 Å². The standard InChI is InChI=1S/C14H14N2O4/c1-3-16-7-6-15-12(13(16)17)20-11-5-4-9(2)8-10(11)14(18)19/h4-8H,3H2,1-2H3,(H,18,19). The summed E-state index contributed by atoms with van der Waals surface area (Å²) >= 11 is 0. The molecular weight excluding hydrogens is 260 g/mol. The van der Waals surface area contributed by atoms with Crippen LogP contribution in [0.3, 0.4) is 0 Å². The largest absolute Gasteiger partial charge is 0.478 e. The van der Waals surface area contributed by atoms with E-state index in [1.165, 1.54) is 22.9 Å². The summed E-state index contributed by atoms with van der Waals surface area (Å²) in [5.41, 5.74) is 0.395. The average Bonchev–Trinajstić information content (AvgIpc) is 2.42. The van der Waals surface area contributed by atoms with Crippen molar-refractivity contribution in [3.8, 4) is 11.6 Å². The van der Waals surface area contributed by atoms with Gasteiger partial charge in [-0.25, -0.2) is 9.78 Å². The number of carboxylic acid groups (broad SMARTS) is 1. The predicted molar refractivity (Wildman–Crippen MR) is 72.4 cm³/mol. The molecule has 6 nitrogen and oxygen atoms in total. The summed E-state index contributed by atoms with van der Waals surface area (Å²) in [4.78, 5) is 27.0. The van der Waals surface area contributed by atoms with Crippen LogP contribution >= 0.6 is 0 Å². The molecule has 0 atom stereocenters. The van der Waals surface area contributed by atoms with Gasteiger partial charge in [-0.2, -0.15) is 0 Å². The van der Waals surface area contributed by atoms with E-state index in [0.29, 0.717) is 6.54 Å². The monoisotopic (exact) mass is 274 g/mol. The van der Waals surface area contributed by atoms with E-state index in [2.05, 4.69) is 4.98 Å². The minimum atomic E-state index is -1.12. The molecule has 0 aliphatic carbocycles. The van der Waals surface area contributed by atoms with Gasteiger partial charge >= 0.3 is 11.5 Å². The Hall–Kier alpha value is -2.63. The lowest BCUT2D eigenvalue weighted by atomic mass is 10.1. The summed E-state index contributed by atoms with van der Waals surface area (Å²) in [5.74, 6) is -1.15. The van der Waals surface area contributed by atoms with Crippen molar-refractivity contribution in [3.05, 3.63) is 52.1 Å². The Bertz CT molecular complexity index is 707. The van der Waals surface area contributed by atoms with Crippen molar-refractivity contribution in [2.75, 3.05) is 0 Å². The number of rotatable bonds is 4. The van der Waals surface area contributed by atoms with E-state index in [9.17, 15) is 9.59 Å². The number of carboxylic acids is 1. The first kappa shape index (κ1) is 13.8. The molecule has 1 N–H and O–H groups in total. The Morgan fingerprint density at radius 3 is 2.85 bits per heavy atom. The highest BCUT2D eigenvalue weighted by atomic mass is 16.5. The molecule has 0 amide bonds. The molecule has 0 bridgehead atoms.